The molecule has 6 rings (SSSR count). The maximum Gasteiger partial charge on any atom is 0.276 e. The number of nitrogens with one attached hydrogen (secondary N) is 2. The van der Waals surface area contributed by atoms with Gasteiger partial charge in [0.25, 0.3) is 11.8 Å². The molecule has 0 aliphatic carbocycles. The summed E-state index contributed by atoms with van der Waals surface area (Å²) in [6, 6.07) is 4.81. The molecule has 0 radical (unpaired) electrons. The van der Waals surface area contributed by atoms with Gasteiger partial charge < -0.3 is 30.8 Å². The minimum Gasteiger partial charge on any atom is -0.543 e. The van der Waals surface area contributed by atoms with Crippen LogP contribution in [0.1, 0.15) is 5.69 Å². The average molecular weight is 597 g/mol. The molecule has 6 heterocycles. The number of hydrogen-bond donors (Lipinski definition) is 3. The largest absolute Gasteiger partial charge is 0.543 e. The Hall–Kier alpha value is -4.28. The van der Waals surface area contributed by atoms with Crippen LogP contribution in [0.5, 0.6) is 0 Å². The van der Waals surface area contributed by atoms with E-state index in [-0.39, 0.29) is 28.8 Å². The van der Waals surface area contributed by atoms with E-state index in [2.05, 4.69) is 25.4 Å². The van der Waals surface area contributed by atoms with E-state index in [0.717, 1.165) is 33.1 Å². The molecule has 2 aliphatic rings. The predicted molar refractivity (Wildman–Crippen MR) is 147 cm³/mol. The third-order valence-electron chi connectivity index (χ3n) is 6.30. The van der Waals surface area contributed by atoms with Gasteiger partial charge in [0.05, 0.1) is 16.5 Å². The van der Waals surface area contributed by atoms with Crippen LogP contribution in [0.15, 0.2) is 57.8 Å². The van der Waals surface area contributed by atoms with Crippen LogP contribution in [-0.2, 0) is 25.8 Å². The minimum absolute atomic E-state index is 0.147. The van der Waals surface area contributed by atoms with Crippen LogP contribution in [0.3, 0.4) is 0 Å². The normalized spacial score (nSPS) is 19.0. The number of thiazole rings is 1. The van der Waals surface area contributed by atoms with Crippen LogP contribution in [0.4, 0.5) is 5.13 Å². The lowest BCUT2D eigenvalue weighted by Gasteiger charge is -2.50. The lowest BCUT2D eigenvalue weighted by atomic mass is 10.0. The number of thiophene rings is 1. The highest BCUT2D eigenvalue weighted by Crippen LogP contribution is 2.40. The number of nitrogens with zero attached hydrogens (tertiary/aromatic N) is 5. The van der Waals surface area contributed by atoms with Crippen molar-refractivity contribution in [1.29, 1.82) is 0 Å². The molecule has 4 N–H and O–H groups in total. The van der Waals surface area contributed by atoms with Gasteiger partial charge in [-0.2, -0.15) is 4.57 Å². The highest BCUT2D eigenvalue weighted by Gasteiger charge is 2.53. The summed E-state index contributed by atoms with van der Waals surface area (Å²) in [7, 11) is 1.28. The summed E-state index contributed by atoms with van der Waals surface area (Å²) >= 11 is 4.05. The summed E-state index contributed by atoms with van der Waals surface area (Å²) in [6.45, 7) is 0.225. The van der Waals surface area contributed by atoms with Gasteiger partial charge in [0.15, 0.2) is 29.8 Å². The average Bonchev–Trinajstić information content (AvgIpc) is 3.70. The van der Waals surface area contributed by atoms with Gasteiger partial charge in [-0.05, 0) is 11.4 Å². The number of aliphatic carboxylic acids is 1. The molecule has 1 fully saturated rings. The quantitative estimate of drug-likeness (QED) is 0.110. The molecule has 40 heavy (non-hydrogen) atoms. The van der Waals surface area contributed by atoms with E-state index in [9.17, 15) is 19.5 Å². The number of oxime groups is 1. The first-order valence-corrected chi connectivity index (χ1v) is 14.6. The summed E-state index contributed by atoms with van der Waals surface area (Å²) < 4.78 is 1.83. The zero-order valence-corrected chi connectivity index (χ0v) is 23.1. The predicted octanol–water partition coefficient (Wildman–Crippen LogP) is 0.0722. The van der Waals surface area contributed by atoms with Gasteiger partial charge in [0, 0.05) is 22.8 Å². The molecule has 204 valence electrons. The van der Waals surface area contributed by atoms with Crippen molar-refractivity contribution in [3.8, 4) is 10.7 Å². The lowest BCUT2D eigenvalue weighted by Crippen LogP contribution is -2.71. The topological polar surface area (TPSA) is 183 Å². The Morgan fingerprint density at radius 3 is 2.90 bits per heavy atom. The fourth-order valence-corrected chi connectivity index (χ4v) is 7.10. The summed E-state index contributed by atoms with van der Waals surface area (Å²) in [5.74, 6) is -1.64. The van der Waals surface area contributed by atoms with E-state index in [1.807, 2.05) is 34.3 Å². The van der Waals surface area contributed by atoms with Gasteiger partial charge in [0.1, 0.15) is 41.1 Å². The van der Waals surface area contributed by atoms with E-state index < -0.39 is 29.2 Å². The second kappa shape index (κ2) is 10.4. The number of anilines is 1. The summed E-state index contributed by atoms with van der Waals surface area (Å²) in [5, 5.41) is 21.7. The van der Waals surface area contributed by atoms with Gasteiger partial charge in [-0.3, -0.25) is 14.5 Å². The number of carboxylic acid groups (broad SMARTS) is 1. The first kappa shape index (κ1) is 26.0. The van der Waals surface area contributed by atoms with Crippen molar-refractivity contribution in [2.75, 3.05) is 18.6 Å². The van der Waals surface area contributed by atoms with Crippen molar-refractivity contribution in [3.63, 3.8) is 0 Å². The maximum absolute atomic E-state index is 13.1. The Kier molecular flexibility index (Phi) is 6.73. The van der Waals surface area contributed by atoms with E-state index in [1.54, 1.807) is 22.9 Å². The third kappa shape index (κ3) is 4.59. The van der Waals surface area contributed by atoms with Crippen LogP contribution in [0, 0.1) is 0 Å². The first-order valence-electron chi connectivity index (χ1n) is 11.8. The molecule has 13 nitrogen and oxygen atoms in total. The highest BCUT2D eigenvalue weighted by atomic mass is 32.2. The number of thioether (sulfide) groups is 1. The van der Waals surface area contributed by atoms with Crippen LogP contribution < -0.4 is 20.7 Å². The molecule has 4 aromatic rings. The standard InChI is InChI=1S/C24H20N8O5S3/c1-37-30-16(14-10-40-24(25)28-14)20(33)29-17-21(34)32-18(23(35)36)11(9-39-22(17)32)7-31-5-4-12-13(8-31)27-19(26-12)15-3-2-6-38-15/h2-6,8,10,17,22H,7,9H2,1H3,(H4,25,28,29,33,35,36)/b30-16-/t17-,22-/m1/s1. The van der Waals surface area contributed by atoms with Crippen LogP contribution in [0.25, 0.3) is 21.7 Å². The second-order valence-corrected chi connectivity index (χ2v) is 11.7. The number of carbonyl (C=O) groups is 3. The number of aromatic amines is 1. The summed E-state index contributed by atoms with van der Waals surface area (Å²) in [5.41, 5.74) is 7.62. The molecular weight excluding hydrogens is 577 g/mol. The van der Waals surface area contributed by atoms with E-state index >= 15 is 0 Å². The second-order valence-electron chi connectivity index (χ2n) is 8.77. The molecular formula is C24H20N8O5S3. The molecule has 4 aromatic heterocycles. The van der Waals surface area contributed by atoms with Gasteiger partial charge in [0.2, 0.25) is 0 Å². The number of aromatic nitrogens is 4. The Morgan fingerprint density at radius 2 is 2.20 bits per heavy atom. The molecule has 2 atom stereocenters. The van der Waals surface area contributed by atoms with Gasteiger partial charge in [-0.1, -0.05) is 11.2 Å². The number of β-lactam (4-membered cyclic amide) rings is 1. The van der Waals surface area contributed by atoms with Gasteiger partial charge >= 0.3 is 0 Å². The van der Waals surface area contributed by atoms with Crippen molar-refractivity contribution in [2.45, 2.75) is 18.0 Å². The number of imidazole rings is 1. The van der Waals surface area contributed by atoms with E-state index in [1.165, 1.54) is 23.8 Å². The number of nitrogen functional groups attached to an aromatic ring is 1. The number of carbonyl (C=O) groups excluding carboxylic acids is 3. The molecule has 0 spiro atoms. The Bertz CT molecular complexity index is 1710. The number of amides is 2. The number of fused-ring (bicyclic) bond motifs is 2. The number of H-pyrrole nitrogens is 1. The van der Waals surface area contributed by atoms with Crippen LogP contribution in [-0.4, -0.2) is 67.6 Å². The van der Waals surface area contributed by atoms with Gasteiger partial charge in [-0.25, -0.2) is 9.97 Å². The molecule has 0 bridgehead atoms. The number of rotatable bonds is 8. The molecule has 0 aromatic carbocycles. The zero-order chi connectivity index (χ0) is 28.0. The number of pyridine rings is 1. The van der Waals surface area contributed by atoms with Crippen molar-refractivity contribution in [3.05, 3.63) is 58.3 Å². The Balaban J connectivity index is 1.21. The SMILES string of the molecule is CO/N=C(\C(=O)N[C@@H]1C(=O)N2C(C(=O)[O-])=C(C[n+]3ccc4nc(-c5cccs5)[nH]c4c3)CS[C@H]12)c1csc(N)n1. The highest BCUT2D eigenvalue weighted by molar-refractivity contribution is 8.00. The van der Waals surface area contributed by atoms with Crippen LogP contribution in [0.2, 0.25) is 0 Å². The van der Waals surface area contributed by atoms with E-state index in [0.29, 0.717) is 11.3 Å². The third-order valence-corrected chi connectivity index (χ3v) is 9.19. The van der Waals surface area contributed by atoms with Gasteiger partial charge in [-0.15, -0.1) is 34.4 Å². The molecule has 0 unspecified atom stereocenters. The molecule has 2 amide bonds. The Labute approximate surface area is 238 Å². The molecule has 1 saturated heterocycles. The maximum atomic E-state index is 13.1. The van der Waals surface area contributed by atoms with Crippen molar-refractivity contribution >= 4 is 74.1 Å². The fourth-order valence-electron chi connectivity index (χ4n) is 4.54. The minimum atomic E-state index is -1.46. The van der Waals surface area contributed by atoms with E-state index in [4.69, 9.17) is 10.6 Å². The molecule has 0 saturated carbocycles. The number of nitrogens with two attached hydrogens (primary N) is 1. The van der Waals surface area contributed by atoms with Crippen molar-refractivity contribution < 1.29 is 28.9 Å². The smallest absolute Gasteiger partial charge is 0.276 e. The van der Waals surface area contributed by atoms with Crippen molar-refractivity contribution in [1.82, 2.24) is 25.2 Å². The molecule has 2 aliphatic heterocycles. The summed E-state index contributed by atoms with van der Waals surface area (Å²) in [4.78, 5) is 57.1. The lowest BCUT2D eigenvalue weighted by molar-refractivity contribution is -0.687. The first-order chi connectivity index (χ1) is 19.3. The molecule has 16 heteroatoms. The summed E-state index contributed by atoms with van der Waals surface area (Å²) in [6.07, 6.45) is 3.65. The number of hydrogen-bond acceptors (Lipinski definition) is 12. The monoisotopic (exact) mass is 596 g/mol. The zero-order valence-electron chi connectivity index (χ0n) is 20.7. The van der Waals surface area contributed by atoms with Crippen LogP contribution >= 0.6 is 34.4 Å². The number of carboxylic acids is 1. The fraction of sp³-hybridized carbons (Fsp3) is 0.208. The Morgan fingerprint density at radius 1 is 1.35 bits per heavy atom. The van der Waals surface area contributed by atoms with Crippen molar-refractivity contribution in [2.24, 2.45) is 5.16 Å².